The minimum absolute atomic E-state index is 0. The molecule has 0 amide bonds. The van der Waals surface area contributed by atoms with Crippen LogP contribution in [0.1, 0.15) is 43.9 Å². The summed E-state index contributed by atoms with van der Waals surface area (Å²) in [5, 5.41) is 6.53. The van der Waals surface area contributed by atoms with Crippen LogP contribution in [-0.4, -0.2) is 50.4 Å². The summed E-state index contributed by atoms with van der Waals surface area (Å²) in [5.41, 5.74) is -2.92. The largest absolute Gasteiger partial charge is 0.511 e. The summed E-state index contributed by atoms with van der Waals surface area (Å²) in [6, 6.07) is 8.09. The fourth-order valence-corrected chi connectivity index (χ4v) is 4.36. The van der Waals surface area contributed by atoms with E-state index in [1.807, 2.05) is 45.0 Å². The number of sulfonamides is 1. The van der Waals surface area contributed by atoms with Gasteiger partial charge in [0.2, 0.25) is 0 Å². The molecule has 0 spiro atoms. The minimum atomic E-state index is -5.24. The maximum atomic E-state index is 12.7. The number of benzene rings is 1. The maximum Gasteiger partial charge on any atom is 0.511 e. The molecular formula is C19H30F3IN4O2S. The maximum absolute atomic E-state index is 12.7. The topological polar surface area (TPSA) is 73.8 Å². The second-order valence-corrected chi connectivity index (χ2v) is 9.16. The molecule has 0 aliphatic carbocycles. The van der Waals surface area contributed by atoms with Gasteiger partial charge >= 0.3 is 15.5 Å². The van der Waals surface area contributed by atoms with E-state index in [2.05, 4.69) is 15.6 Å². The molecule has 30 heavy (non-hydrogen) atoms. The van der Waals surface area contributed by atoms with Crippen LogP contribution in [0, 0.1) is 12.8 Å². The Labute approximate surface area is 193 Å². The Hall–Kier alpha value is -1.08. The van der Waals surface area contributed by atoms with E-state index < -0.39 is 15.5 Å². The summed E-state index contributed by atoms with van der Waals surface area (Å²) >= 11 is 0. The summed E-state index contributed by atoms with van der Waals surface area (Å²) < 4.78 is 61.6. The monoisotopic (exact) mass is 562 g/mol. The Balaban J connectivity index is 0.00000450. The number of piperidine rings is 1. The van der Waals surface area contributed by atoms with Gasteiger partial charge in [-0.1, -0.05) is 24.3 Å². The number of hydrogen-bond acceptors (Lipinski definition) is 3. The first kappa shape index (κ1) is 27.0. The van der Waals surface area contributed by atoms with Crippen LogP contribution in [0.2, 0.25) is 0 Å². The third-order valence-corrected chi connectivity index (χ3v) is 6.70. The standard InChI is InChI=1S/C19H29F3N4O2S.HI/c1-4-23-18(25-15(3)17-8-6-5-7-14(17)2)24-13-16-9-11-26(12-10-16)29(27,28)19(20,21)22;/h5-8,15-16H,4,9-13H2,1-3H3,(H2,23,24,25);1H. The Morgan fingerprint density at radius 1 is 1.27 bits per heavy atom. The van der Waals surface area contributed by atoms with Crippen molar-refractivity contribution in [1.29, 1.82) is 0 Å². The Morgan fingerprint density at radius 2 is 1.87 bits per heavy atom. The van der Waals surface area contributed by atoms with Crippen LogP contribution in [0.25, 0.3) is 0 Å². The molecule has 0 aromatic heterocycles. The Morgan fingerprint density at radius 3 is 2.40 bits per heavy atom. The molecule has 6 nitrogen and oxygen atoms in total. The van der Waals surface area contributed by atoms with Gasteiger partial charge in [0.1, 0.15) is 0 Å². The SMILES string of the molecule is CCNC(=NCC1CCN(S(=O)(=O)C(F)(F)F)CC1)NC(C)c1ccccc1C.I. The molecule has 172 valence electrons. The van der Waals surface area contributed by atoms with Gasteiger partial charge in [-0.25, -0.2) is 8.42 Å². The van der Waals surface area contributed by atoms with Gasteiger partial charge in [0.05, 0.1) is 6.04 Å². The first-order valence-electron chi connectivity index (χ1n) is 9.73. The molecule has 1 aromatic carbocycles. The number of halogens is 4. The molecule has 2 rings (SSSR count). The van der Waals surface area contributed by atoms with Crippen molar-refractivity contribution in [2.45, 2.75) is 45.2 Å². The van der Waals surface area contributed by atoms with Gasteiger partial charge in [-0.3, -0.25) is 4.99 Å². The predicted octanol–water partition coefficient (Wildman–Crippen LogP) is 3.79. The molecule has 0 radical (unpaired) electrons. The van der Waals surface area contributed by atoms with Crippen LogP contribution in [0.15, 0.2) is 29.3 Å². The van der Waals surface area contributed by atoms with Crippen molar-refractivity contribution in [3.63, 3.8) is 0 Å². The number of nitrogens with one attached hydrogen (secondary N) is 2. The normalized spacial score (nSPS) is 17.9. The molecule has 11 heteroatoms. The van der Waals surface area contributed by atoms with E-state index >= 15 is 0 Å². The molecule has 0 bridgehead atoms. The average molecular weight is 562 g/mol. The van der Waals surface area contributed by atoms with Gasteiger partial charge in [-0.15, -0.1) is 24.0 Å². The molecule has 1 saturated heterocycles. The first-order valence-corrected chi connectivity index (χ1v) is 11.2. The van der Waals surface area contributed by atoms with E-state index in [0.29, 0.717) is 36.2 Å². The fraction of sp³-hybridized carbons (Fsp3) is 0.632. The average Bonchev–Trinajstić information content (AvgIpc) is 2.66. The highest BCUT2D eigenvalue weighted by Crippen LogP contribution is 2.30. The van der Waals surface area contributed by atoms with Crippen LogP contribution in [-0.2, 0) is 10.0 Å². The lowest BCUT2D eigenvalue weighted by molar-refractivity contribution is -0.0496. The number of alkyl halides is 3. The molecular weight excluding hydrogens is 532 g/mol. The van der Waals surface area contributed by atoms with Crippen LogP contribution in [0.3, 0.4) is 0 Å². The van der Waals surface area contributed by atoms with Gasteiger partial charge in [-0.2, -0.15) is 17.5 Å². The van der Waals surface area contributed by atoms with Crippen molar-refractivity contribution in [1.82, 2.24) is 14.9 Å². The zero-order valence-electron chi connectivity index (χ0n) is 17.4. The molecule has 1 unspecified atom stereocenters. The van der Waals surface area contributed by atoms with Gasteiger partial charge in [0.25, 0.3) is 0 Å². The van der Waals surface area contributed by atoms with E-state index in [1.165, 1.54) is 5.56 Å². The Bertz CT molecular complexity index is 810. The smallest absolute Gasteiger partial charge is 0.357 e. The van der Waals surface area contributed by atoms with Crippen molar-refractivity contribution in [2.24, 2.45) is 10.9 Å². The first-order chi connectivity index (χ1) is 13.6. The molecule has 1 fully saturated rings. The number of hydrogen-bond donors (Lipinski definition) is 2. The van der Waals surface area contributed by atoms with Crippen LogP contribution in [0.5, 0.6) is 0 Å². The lowest BCUT2D eigenvalue weighted by Crippen LogP contribution is -2.45. The number of aliphatic imine (C=N–C) groups is 1. The third-order valence-electron chi connectivity index (χ3n) is 5.07. The van der Waals surface area contributed by atoms with Crippen LogP contribution < -0.4 is 10.6 Å². The van der Waals surface area contributed by atoms with Crippen LogP contribution in [0.4, 0.5) is 13.2 Å². The molecule has 0 saturated carbocycles. The molecule has 2 N–H and O–H groups in total. The van der Waals surface area contributed by atoms with Gasteiger partial charge in [0.15, 0.2) is 5.96 Å². The van der Waals surface area contributed by atoms with Crippen molar-refractivity contribution < 1.29 is 21.6 Å². The minimum Gasteiger partial charge on any atom is -0.357 e. The summed E-state index contributed by atoms with van der Waals surface area (Å²) in [4.78, 5) is 4.57. The van der Waals surface area contributed by atoms with Crippen molar-refractivity contribution >= 4 is 40.0 Å². The number of guanidine groups is 1. The second-order valence-electron chi connectivity index (χ2n) is 7.24. The van der Waals surface area contributed by atoms with Crippen molar-refractivity contribution in [2.75, 3.05) is 26.2 Å². The molecule has 1 aliphatic heterocycles. The molecule has 1 heterocycles. The number of nitrogens with zero attached hydrogens (tertiary/aromatic N) is 2. The van der Waals surface area contributed by atoms with E-state index in [4.69, 9.17) is 0 Å². The quantitative estimate of drug-likeness (QED) is 0.315. The predicted molar refractivity (Wildman–Crippen MR) is 123 cm³/mol. The summed E-state index contributed by atoms with van der Waals surface area (Å²) in [6.07, 6.45) is 0.705. The number of rotatable bonds is 6. The third kappa shape index (κ3) is 6.98. The Kier molecular flexibility index (Phi) is 10.3. The highest BCUT2D eigenvalue weighted by molar-refractivity contribution is 14.0. The summed E-state index contributed by atoms with van der Waals surface area (Å²) in [5.74, 6) is 0.674. The number of aryl methyl sites for hydroxylation is 1. The fourth-order valence-electron chi connectivity index (χ4n) is 3.37. The summed E-state index contributed by atoms with van der Waals surface area (Å²) in [6.45, 7) is 6.87. The highest BCUT2D eigenvalue weighted by Gasteiger charge is 2.50. The van der Waals surface area contributed by atoms with Gasteiger partial charge in [-0.05, 0) is 50.7 Å². The van der Waals surface area contributed by atoms with Crippen molar-refractivity contribution in [3.05, 3.63) is 35.4 Å². The molecule has 1 atom stereocenters. The van der Waals surface area contributed by atoms with E-state index in [0.717, 1.165) is 5.56 Å². The second kappa shape index (κ2) is 11.5. The summed E-state index contributed by atoms with van der Waals surface area (Å²) in [7, 11) is -5.24. The molecule has 1 aliphatic rings. The van der Waals surface area contributed by atoms with Gasteiger partial charge in [0, 0.05) is 26.2 Å². The van der Waals surface area contributed by atoms with E-state index in [1.54, 1.807) is 0 Å². The zero-order valence-corrected chi connectivity index (χ0v) is 20.5. The van der Waals surface area contributed by atoms with Crippen molar-refractivity contribution in [3.8, 4) is 0 Å². The lowest BCUT2D eigenvalue weighted by atomic mass is 9.98. The molecule has 1 aromatic rings. The van der Waals surface area contributed by atoms with E-state index in [9.17, 15) is 21.6 Å². The van der Waals surface area contributed by atoms with Crippen LogP contribution >= 0.6 is 24.0 Å². The van der Waals surface area contributed by atoms with E-state index in [-0.39, 0.29) is 49.0 Å². The zero-order chi connectivity index (χ0) is 21.7. The highest BCUT2D eigenvalue weighted by atomic mass is 127. The lowest BCUT2D eigenvalue weighted by Gasteiger charge is -2.31. The van der Waals surface area contributed by atoms with Gasteiger partial charge < -0.3 is 10.6 Å².